The van der Waals surface area contributed by atoms with Crippen molar-refractivity contribution in [1.82, 2.24) is 5.32 Å². The van der Waals surface area contributed by atoms with Crippen LogP contribution >= 0.6 is 11.6 Å². The van der Waals surface area contributed by atoms with E-state index in [-0.39, 0.29) is 5.75 Å². The second-order valence-electron chi connectivity index (χ2n) is 3.66. The van der Waals surface area contributed by atoms with Gasteiger partial charge >= 0.3 is 0 Å². The summed E-state index contributed by atoms with van der Waals surface area (Å²) in [6.45, 7) is 2.54. The number of ether oxygens (including phenoxy) is 1. The number of phenolic OH excluding ortho intramolecular Hbond substituents is 1. The third kappa shape index (κ3) is 4.84. The molecule has 0 aliphatic rings. The standard InChI is InChI=1S/C12H18ClNO2/c1-16-7-3-2-6-14-9-10-4-5-12(15)11(13)8-10/h4-5,8,14-15H,2-3,6-7,9H2,1H3. The largest absolute Gasteiger partial charge is 0.506 e. The van der Waals surface area contributed by atoms with Crippen molar-refractivity contribution in [2.45, 2.75) is 19.4 Å². The van der Waals surface area contributed by atoms with Crippen molar-refractivity contribution in [3.63, 3.8) is 0 Å². The molecule has 0 saturated carbocycles. The third-order valence-corrected chi connectivity index (χ3v) is 2.60. The van der Waals surface area contributed by atoms with Crippen molar-refractivity contribution >= 4 is 11.6 Å². The Morgan fingerprint density at radius 3 is 2.88 bits per heavy atom. The molecular weight excluding hydrogens is 226 g/mol. The average molecular weight is 244 g/mol. The van der Waals surface area contributed by atoms with Crippen LogP contribution < -0.4 is 5.32 Å². The third-order valence-electron chi connectivity index (χ3n) is 2.29. The number of nitrogens with one attached hydrogen (secondary N) is 1. The molecule has 0 spiro atoms. The van der Waals surface area contributed by atoms with Crippen molar-refractivity contribution < 1.29 is 9.84 Å². The van der Waals surface area contributed by atoms with Crippen molar-refractivity contribution in [3.05, 3.63) is 28.8 Å². The Labute approximate surface area is 101 Å². The molecule has 0 aromatic heterocycles. The van der Waals surface area contributed by atoms with Crippen LogP contribution in [0.4, 0.5) is 0 Å². The summed E-state index contributed by atoms with van der Waals surface area (Å²) in [6.07, 6.45) is 2.17. The lowest BCUT2D eigenvalue weighted by Gasteiger charge is -2.05. The molecule has 0 radical (unpaired) electrons. The van der Waals surface area contributed by atoms with E-state index in [0.717, 1.165) is 38.1 Å². The van der Waals surface area contributed by atoms with Crippen LogP contribution in [0.1, 0.15) is 18.4 Å². The van der Waals surface area contributed by atoms with Gasteiger partial charge in [-0.1, -0.05) is 17.7 Å². The van der Waals surface area contributed by atoms with Crippen LogP contribution in [0.3, 0.4) is 0 Å². The second kappa shape index (κ2) is 7.49. The number of unbranched alkanes of at least 4 members (excludes halogenated alkanes) is 1. The maximum absolute atomic E-state index is 9.25. The molecule has 2 N–H and O–H groups in total. The second-order valence-corrected chi connectivity index (χ2v) is 4.07. The summed E-state index contributed by atoms with van der Waals surface area (Å²) in [5.41, 5.74) is 1.08. The van der Waals surface area contributed by atoms with Crippen molar-refractivity contribution in [2.75, 3.05) is 20.3 Å². The molecule has 0 aliphatic carbocycles. The minimum absolute atomic E-state index is 0.130. The number of aromatic hydroxyl groups is 1. The Morgan fingerprint density at radius 2 is 2.19 bits per heavy atom. The van der Waals surface area contributed by atoms with Gasteiger partial charge in [0.2, 0.25) is 0 Å². The lowest BCUT2D eigenvalue weighted by Crippen LogP contribution is -2.15. The first-order valence-electron chi connectivity index (χ1n) is 5.41. The predicted molar refractivity (Wildman–Crippen MR) is 65.9 cm³/mol. The minimum Gasteiger partial charge on any atom is -0.506 e. The summed E-state index contributed by atoms with van der Waals surface area (Å²) < 4.78 is 4.96. The van der Waals surface area contributed by atoms with Crippen LogP contribution in [-0.2, 0) is 11.3 Å². The Kier molecular flexibility index (Phi) is 6.23. The topological polar surface area (TPSA) is 41.5 Å². The van der Waals surface area contributed by atoms with Crippen molar-refractivity contribution in [2.24, 2.45) is 0 Å². The highest BCUT2D eigenvalue weighted by Crippen LogP contribution is 2.23. The molecule has 1 aromatic rings. The summed E-state index contributed by atoms with van der Waals surface area (Å²) in [7, 11) is 1.71. The summed E-state index contributed by atoms with van der Waals surface area (Å²) >= 11 is 5.80. The van der Waals surface area contributed by atoms with E-state index in [1.54, 1.807) is 19.2 Å². The van der Waals surface area contributed by atoms with Crippen molar-refractivity contribution in [1.29, 1.82) is 0 Å². The van der Waals surface area contributed by atoms with E-state index in [1.807, 2.05) is 6.07 Å². The fraction of sp³-hybridized carbons (Fsp3) is 0.500. The van der Waals surface area contributed by atoms with Crippen LogP contribution in [-0.4, -0.2) is 25.4 Å². The molecule has 90 valence electrons. The van der Waals surface area contributed by atoms with Gasteiger partial charge in [-0.15, -0.1) is 0 Å². The zero-order chi connectivity index (χ0) is 11.8. The lowest BCUT2D eigenvalue weighted by atomic mass is 10.2. The molecule has 16 heavy (non-hydrogen) atoms. The summed E-state index contributed by atoms with van der Waals surface area (Å²) in [5.74, 6) is 0.130. The van der Waals surface area contributed by atoms with Gasteiger partial charge < -0.3 is 15.2 Å². The molecule has 0 heterocycles. The van der Waals surface area contributed by atoms with Crippen LogP contribution in [0.25, 0.3) is 0 Å². The lowest BCUT2D eigenvalue weighted by molar-refractivity contribution is 0.192. The van der Waals surface area contributed by atoms with Gasteiger partial charge in [0, 0.05) is 20.3 Å². The first-order valence-corrected chi connectivity index (χ1v) is 5.79. The molecule has 4 heteroatoms. The number of benzene rings is 1. The quantitative estimate of drug-likeness (QED) is 0.724. The molecule has 0 amide bonds. The molecule has 1 rings (SSSR count). The Balaban J connectivity index is 2.19. The number of hydrogen-bond donors (Lipinski definition) is 2. The predicted octanol–water partition coefficient (Wildman–Crippen LogP) is 2.56. The molecule has 0 atom stereocenters. The maximum Gasteiger partial charge on any atom is 0.134 e. The van der Waals surface area contributed by atoms with Gasteiger partial charge in [0.1, 0.15) is 5.75 Å². The minimum atomic E-state index is 0.130. The van der Waals surface area contributed by atoms with Gasteiger partial charge in [0.15, 0.2) is 0 Å². The van der Waals surface area contributed by atoms with E-state index in [9.17, 15) is 5.11 Å². The van der Waals surface area contributed by atoms with Crippen LogP contribution in [0.5, 0.6) is 5.75 Å². The highest BCUT2D eigenvalue weighted by molar-refractivity contribution is 6.32. The number of halogens is 1. The van der Waals surface area contributed by atoms with Crippen LogP contribution in [0.2, 0.25) is 5.02 Å². The van der Waals surface area contributed by atoms with Gasteiger partial charge in [-0.3, -0.25) is 0 Å². The fourth-order valence-electron chi connectivity index (χ4n) is 1.39. The molecule has 3 nitrogen and oxygen atoms in total. The highest BCUT2D eigenvalue weighted by Gasteiger charge is 1.99. The number of hydrogen-bond acceptors (Lipinski definition) is 3. The zero-order valence-corrected chi connectivity index (χ0v) is 10.3. The highest BCUT2D eigenvalue weighted by atomic mass is 35.5. The average Bonchev–Trinajstić information content (AvgIpc) is 2.28. The van der Waals surface area contributed by atoms with E-state index < -0.39 is 0 Å². The number of phenols is 1. The molecule has 0 unspecified atom stereocenters. The molecule has 0 fully saturated rings. The molecule has 0 saturated heterocycles. The summed E-state index contributed by atoms with van der Waals surface area (Å²) in [6, 6.07) is 5.26. The Bertz CT molecular complexity index is 318. The van der Waals surface area contributed by atoms with Crippen LogP contribution in [0.15, 0.2) is 18.2 Å². The van der Waals surface area contributed by atoms with E-state index in [2.05, 4.69) is 5.32 Å². The summed E-state index contributed by atoms with van der Waals surface area (Å²) in [5, 5.41) is 13.0. The first-order chi connectivity index (χ1) is 7.74. The number of methoxy groups -OCH3 is 1. The monoisotopic (exact) mass is 243 g/mol. The van der Waals surface area contributed by atoms with E-state index in [1.165, 1.54) is 0 Å². The van der Waals surface area contributed by atoms with Gasteiger partial charge in [-0.05, 0) is 37.1 Å². The normalized spacial score (nSPS) is 10.6. The molecule has 1 aromatic carbocycles. The Hall–Kier alpha value is -0.770. The maximum atomic E-state index is 9.25. The molecular formula is C12H18ClNO2. The van der Waals surface area contributed by atoms with Crippen LogP contribution in [0, 0.1) is 0 Å². The molecule has 0 bridgehead atoms. The van der Waals surface area contributed by atoms with Gasteiger partial charge in [0.25, 0.3) is 0 Å². The van der Waals surface area contributed by atoms with Gasteiger partial charge in [-0.2, -0.15) is 0 Å². The number of rotatable bonds is 7. The summed E-state index contributed by atoms with van der Waals surface area (Å²) in [4.78, 5) is 0. The Morgan fingerprint density at radius 1 is 1.38 bits per heavy atom. The van der Waals surface area contributed by atoms with Crippen molar-refractivity contribution in [3.8, 4) is 5.75 Å². The fourth-order valence-corrected chi connectivity index (χ4v) is 1.59. The first kappa shape index (κ1) is 13.3. The van der Waals surface area contributed by atoms with Gasteiger partial charge in [0.05, 0.1) is 5.02 Å². The van der Waals surface area contributed by atoms with E-state index >= 15 is 0 Å². The van der Waals surface area contributed by atoms with E-state index in [0.29, 0.717) is 5.02 Å². The smallest absolute Gasteiger partial charge is 0.134 e. The van der Waals surface area contributed by atoms with Gasteiger partial charge in [-0.25, -0.2) is 0 Å². The zero-order valence-electron chi connectivity index (χ0n) is 9.50. The molecule has 0 aliphatic heterocycles. The van der Waals surface area contributed by atoms with E-state index in [4.69, 9.17) is 16.3 Å². The SMILES string of the molecule is COCCCCNCc1ccc(O)c(Cl)c1.